The number of rotatable bonds is 13. The van der Waals surface area contributed by atoms with Gasteiger partial charge in [0.25, 0.3) is 0 Å². The summed E-state index contributed by atoms with van der Waals surface area (Å²) in [5, 5.41) is 0. The van der Waals surface area contributed by atoms with Crippen LogP contribution in [0.1, 0.15) is 88.3 Å². The van der Waals surface area contributed by atoms with E-state index in [4.69, 9.17) is 14.2 Å². The summed E-state index contributed by atoms with van der Waals surface area (Å²) in [6, 6.07) is 10.4. The molecule has 3 rings (SSSR count). The molecule has 38 heavy (non-hydrogen) atoms. The summed E-state index contributed by atoms with van der Waals surface area (Å²) >= 11 is 0. The predicted octanol–water partition coefficient (Wildman–Crippen LogP) is 8.77. The molecule has 1 saturated carbocycles. The van der Waals surface area contributed by atoms with Crippen LogP contribution in [0.2, 0.25) is 0 Å². The second-order valence-corrected chi connectivity index (χ2v) is 9.82. The molecule has 0 aromatic heterocycles. The van der Waals surface area contributed by atoms with Crippen LogP contribution in [0.3, 0.4) is 0 Å². The smallest absolute Gasteiger partial charge is 0.416 e. The highest BCUT2D eigenvalue weighted by atomic mass is 19.4. The minimum atomic E-state index is -4.38. The number of hydrogen-bond acceptors (Lipinski definition) is 4. The first kappa shape index (κ1) is 29.6. The van der Waals surface area contributed by atoms with Crippen LogP contribution in [-0.2, 0) is 22.3 Å². The highest BCUT2D eigenvalue weighted by Gasteiger charge is 2.30. The third kappa shape index (κ3) is 9.41. The van der Waals surface area contributed by atoms with Gasteiger partial charge in [-0.05, 0) is 74.1 Å². The Morgan fingerprint density at radius 1 is 1.00 bits per heavy atom. The maximum absolute atomic E-state index is 12.9. The lowest BCUT2D eigenvalue weighted by atomic mass is 9.87. The molecule has 0 unspecified atom stereocenters. The zero-order valence-corrected chi connectivity index (χ0v) is 22.4. The van der Waals surface area contributed by atoms with E-state index in [-0.39, 0.29) is 19.2 Å². The Balaban J connectivity index is 1.79. The summed E-state index contributed by atoms with van der Waals surface area (Å²) in [7, 11) is 0. The normalized spacial score (nSPS) is 14.8. The molecule has 0 amide bonds. The Morgan fingerprint density at radius 2 is 1.74 bits per heavy atom. The maximum atomic E-state index is 12.9. The van der Waals surface area contributed by atoms with Gasteiger partial charge < -0.3 is 14.2 Å². The molecule has 1 aliphatic rings. The molecular formula is C31H39F3O4. The molecule has 0 spiro atoms. The van der Waals surface area contributed by atoms with Crippen molar-refractivity contribution in [1.82, 2.24) is 0 Å². The number of carbonyl (C=O) groups excluding carboxylic acids is 1. The van der Waals surface area contributed by atoms with Crippen LogP contribution >= 0.6 is 0 Å². The second kappa shape index (κ2) is 14.8. The largest absolute Gasteiger partial charge is 0.494 e. The van der Waals surface area contributed by atoms with Crippen LogP contribution in [0, 0.1) is 5.92 Å². The van der Waals surface area contributed by atoms with Crippen molar-refractivity contribution in [3.8, 4) is 11.5 Å². The van der Waals surface area contributed by atoms with Crippen LogP contribution in [-0.4, -0.2) is 19.2 Å². The first-order valence-electron chi connectivity index (χ1n) is 13.7. The number of unbranched alkanes of at least 4 members (excludes halogenated alkanes) is 1. The summed E-state index contributed by atoms with van der Waals surface area (Å²) in [5.41, 5.74) is 1.13. The Labute approximate surface area is 224 Å². The van der Waals surface area contributed by atoms with Gasteiger partial charge in [-0.15, -0.1) is 0 Å². The molecule has 0 radical (unpaired) electrons. The van der Waals surface area contributed by atoms with Crippen LogP contribution in [0.25, 0.3) is 6.08 Å². The van der Waals surface area contributed by atoms with Crippen molar-refractivity contribution in [2.24, 2.45) is 5.92 Å². The van der Waals surface area contributed by atoms with Crippen LogP contribution in [0.5, 0.6) is 11.5 Å². The van der Waals surface area contributed by atoms with Gasteiger partial charge in [0.1, 0.15) is 18.1 Å². The Kier molecular flexibility index (Phi) is 11.6. The lowest BCUT2D eigenvalue weighted by Gasteiger charge is -2.21. The molecule has 0 aliphatic heterocycles. The predicted molar refractivity (Wildman–Crippen MR) is 143 cm³/mol. The van der Waals surface area contributed by atoms with Crippen molar-refractivity contribution in [2.75, 3.05) is 13.2 Å². The SMILES string of the molecule is CCCC/C(=C\c1cc(OCCC2CCCCC2)ccc1OCc1ccc(C(F)(F)F)cc1)C(=O)OCC. The molecule has 0 bridgehead atoms. The molecule has 2 aromatic rings. The van der Waals surface area contributed by atoms with Gasteiger partial charge in [-0.2, -0.15) is 13.2 Å². The third-order valence-corrected chi connectivity index (χ3v) is 6.84. The number of benzene rings is 2. The molecule has 0 N–H and O–H groups in total. The van der Waals surface area contributed by atoms with E-state index in [9.17, 15) is 18.0 Å². The molecule has 208 valence electrons. The molecule has 4 nitrogen and oxygen atoms in total. The van der Waals surface area contributed by atoms with E-state index in [1.165, 1.54) is 44.2 Å². The summed E-state index contributed by atoms with van der Waals surface area (Å²) in [5.74, 6) is 1.55. The van der Waals surface area contributed by atoms with Gasteiger partial charge in [-0.3, -0.25) is 0 Å². The molecule has 0 saturated heterocycles. The lowest BCUT2D eigenvalue weighted by Crippen LogP contribution is -2.11. The minimum Gasteiger partial charge on any atom is -0.494 e. The zero-order valence-electron chi connectivity index (χ0n) is 22.4. The summed E-state index contributed by atoms with van der Waals surface area (Å²) in [4.78, 5) is 12.6. The van der Waals surface area contributed by atoms with Crippen LogP contribution in [0.4, 0.5) is 13.2 Å². The van der Waals surface area contributed by atoms with Gasteiger partial charge in [0.15, 0.2) is 0 Å². The highest BCUT2D eigenvalue weighted by Crippen LogP contribution is 2.32. The zero-order chi connectivity index (χ0) is 27.4. The number of ether oxygens (including phenoxy) is 3. The van der Waals surface area contributed by atoms with Gasteiger partial charge in [-0.1, -0.05) is 57.6 Å². The van der Waals surface area contributed by atoms with Gasteiger partial charge >= 0.3 is 12.1 Å². The number of esters is 1. The van der Waals surface area contributed by atoms with E-state index in [0.29, 0.717) is 47.1 Å². The summed E-state index contributed by atoms with van der Waals surface area (Å²) in [6.07, 6.45) is 7.17. The average Bonchev–Trinajstić information content (AvgIpc) is 2.91. The second-order valence-electron chi connectivity index (χ2n) is 9.82. The summed E-state index contributed by atoms with van der Waals surface area (Å²) in [6.45, 7) is 4.82. The third-order valence-electron chi connectivity index (χ3n) is 6.84. The first-order chi connectivity index (χ1) is 18.3. The molecule has 1 fully saturated rings. The van der Waals surface area contributed by atoms with Gasteiger partial charge in [-0.25, -0.2) is 4.79 Å². The fourth-order valence-electron chi connectivity index (χ4n) is 4.64. The Morgan fingerprint density at radius 3 is 2.39 bits per heavy atom. The Bertz CT molecular complexity index is 1040. The van der Waals surface area contributed by atoms with Crippen LogP contribution in [0.15, 0.2) is 48.0 Å². The topological polar surface area (TPSA) is 44.8 Å². The molecule has 1 aliphatic carbocycles. The lowest BCUT2D eigenvalue weighted by molar-refractivity contribution is -0.139. The fraction of sp³-hybridized carbons (Fsp3) is 0.516. The van der Waals surface area contributed by atoms with E-state index in [0.717, 1.165) is 31.4 Å². The average molecular weight is 533 g/mol. The van der Waals surface area contributed by atoms with Crippen LogP contribution < -0.4 is 9.47 Å². The number of halogens is 3. The standard InChI is InChI=1S/C31H39F3O4/c1-3-5-11-25(30(35)36-4-2)20-26-21-28(37-19-18-23-9-7-6-8-10-23)16-17-29(26)38-22-24-12-14-27(15-13-24)31(32,33)34/h12-17,20-21,23H,3-11,18-19,22H2,1-2H3/b25-20+. The molecule has 7 heteroatoms. The fourth-order valence-corrected chi connectivity index (χ4v) is 4.64. The quantitative estimate of drug-likeness (QED) is 0.191. The van der Waals surface area contributed by atoms with Crippen molar-refractivity contribution in [1.29, 1.82) is 0 Å². The van der Waals surface area contributed by atoms with Gasteiger partial charge in [0, 0.05) is 11.1 Å². The number of hydrogen-bond donors (Lipinski definition) is 0. The molecule has 0 atom stereocenters. The van der Waals surface area contributed by atoms with Crippen molar-refractivity contribution in [3.63, 3.8) is 0 Å². The minimum absolute atomic E-state index is 0.0879. The van der Waals surface area contributed by atoms with E-state index in [2.05, 4.69) is 6.92 Å². The van der Waals surface area contributed by atoms with Gasteiger partial charge in [0.05, 0.1) is 18.8 Å². The van der Waals surface area contributed by atoms with E-state index >= 15 is 0 Å². The van der Waals surface area contributed by atoms with E-state index in [1.54, 1.807) is 19.1 Å². The summed E-state index contributed by atoms with van der Waals surface area (Å²) < 4.78 is 56.1. The highest BCUT2D eigenvalue weighted by molar-refractivity contribution is 5.94. The van der Waals surface area contributed by atoms with E-state index < -0.39 is 11.7 Å². The first-order valence-corrected chi connectivity index (χ1v) is 13.7. The Hall–Kier alpha value is -2.96. The van der Waals surface area contributed by atoms with Crippen molar-refractivity contribution < 1.29 is 32.2 Å². The van der Waals surface area contributed by atoms with E-state index in [1.807, 2.05) is 12.1 Å². The van der Waals surface area contributed by atoms with Crippen molar-refractivity contribution >= 4 is 12.0 Å². The molecular weight excluding hydrogens is 493 g/mol. The van der Waals surface area contributed by atoms with Crippen molar-refractivity contribution in [2.45, 2.75) is 84.4 Å². The van der Waals surface area contributed by atoms with Crippen molar-refractivity contribution in [3.05, 3.63) is 64.7 Å². The van der Waals surface area contributed by atoms with Gasteiger partial charge in [0.2, 0.25) is 0 Å². The maximum Gasteiger partial charge on any atom is 0.416 e. The monoisotopic (exact) mass is 532 g/mol. The molecule has 2 aromatic carbocycles. The molecule has 0 heterocycles. The number of carbonyl (C=O) groups is 1. The number of alkyl halides is 3.